The van der Waals surface area contributed by atoms with Crippen LogP contribution in [-0.2, 0) is 6.42 Å². The summed E-state index contributed by atoms with van der Waals surface area (Å²) in [6, 6.07) is 8.66. The SMILES string of the molecule is C.C.C.C.CC(C)C.CCCC.CCc1ccc(C)cc1. The molecule has 0 aliphatic rings. The van der Waals surface area contributed by atoms with Gasteiger partial charge in [-0.05, 0) is 24.8 Å². The van der Waals surface area contributed by atoms with E-state index in [0.717, 1.165) is 12.3 Å². The predicted molar refractivity (Wildman–Crippen MR) is 109 cm³/mol. The van der Waals surface area contributed by atoms with E-state index in [-0.39, 0.29) is 29.7 Å². The molecule has 0 aromatic heterocycles. The van der Waals surface area contributed by atoms with Crippen molar-refractivity contribution in [3.05, 3.63) is 35.4 Å². The number of rotatable bonds is 2. The molecular formula is C21H48. The fraction of sp³-hybridized carbons (Fsp3) is 0.714. The Morgan fingerprint density at radius 3 is 1.19 bits per heavy atom. The second-order valence-corrected chi connectivity index (χ2v) is 5.07. The van der Waals surface area contributed by atoms with Crippen LogP contribution in [0.4, 0.5) is 0 Å². The van der Waals surface area contributed by atoms with E-state index in [1.165, 1.54) is 24.0 Å². The van der Waals surface area contributed by atoms with Crippen molar-refractivity contribution in [1.29, 1.82) is 0 Å². The highest BCUT2D eigenvalue weighted by Crippen LogP contribution is 2.02. The zero-order valence-corrected chi connectivity index (χ0v) is 13.0. The van der Waals surface area contributed by atoms with Crippen molar-refractivity contribution in [3.8, 4) is 0 Å². The van der Waals surface area contributed by atoms with E-state index >= 15 is 0 Å². The molecule has 0 saturated carbocycles. The Balaban J connectivity index is -0.0000000414. The van der Waals surface area contributed by atoms with Gasteiger partial charge in [0.25, 0.3) is 0 Å². The first-order chi connectivity index (χ1) is 7.97. The fourth-order valence-electron chi connectivity index (χ4n) is 0.824. The second-order valence-electron chi connectivity index (χ2n) is 5.07. The molecule has 0 bridgehead atoms. The van der Waals surface area contributed by atoms with Crippen LogP contribution in [0, 0.1) is 12.8 Å². The van der Waals surface area contributed by atoms with E-state index in [0.29, 0.717) is 0 Å². The van der Waals surface area contributed by atoms with Crippen LogP contribution in [0.25, 0.3) is 0 Å². The summed E-state index contributed by atoms with van der Waals surface area (Å²) < 4.78 is 0. The summed E-state index contributed by atoms with van der Waals surface area (Å²) >= 11 is 0. The molecule has 0 amide bonds. The summed E-state index contributed by atoms with van der Waals surface area (Å²) in [5, 5.41) is 0. The van der Waals surface area contributed by atoms with Crippen LogP contribution >= 0.6 is 0 Å². The van der Waals surface area contributed by atoms with Crippen LogP contribution in [0.3, 0.4) is 0 Å². The van der Waals surface area contributed by atoms with Crippen molar-refractivity contribution in [3.63, 3.8) is 0 Å². The quantitative estimate of drug-likeness (QED) is 0.513. The van der Waals surface area contributed by atoms with Gasteiger partial charge >= 0.3 is 0 Å². The van der Waals surface area contributed by atoms with E-state index in [1.54, 1.807) is 0 Å². The molecule has 0 aliphatic carbocycles. The molecule has 132 valence electrons. The van der Waals surface area contributed by atoms with Crippen LogP contribution in [0.15, 0.2) is 24.3 Å². The Labute approximate surface area is 139 Å². The molecule has 1 rings (SSSR count). The van der Waals surface area contributed by atoms with E-state index in [9.17, 15) is 0 Å². The maximum absolute atomic E-state index is 2.18. The third kappa shape index (κ3) is 38.2. The molecule has 0 aliphatic heterocycles. The molecule has 0 heterocycles. The minimum Gasteiger partial charge on any atom is -0.0776 e. The normalized spacial score (nSPS) is 7.24. The van der Waals surface area contributed by atoms with Crippen molar-refractivity contribution < 1.29 is 0 Å². The molecule has 0 N–H and O–H groups in total. The standard InChI is InChI=1S/C9H12.2C4H10.4CH4/c1-3-9-6-4-8(2)5-7-9;1-4(2)3;1-3-4-2;;;;/h4-7H,3H2,1-2H3;4H,1-3H3;3-4H2,1-2H3;4*1H4. The molecule has 0 nitrogen and oxygen atoms in total. The fourth-order valence-corrected chi connectivity index (χ4v) is 0.824. The minimum absolute atomic E-state index is 0. The van der Waals surface area contributed by atoms with Crippen LogP contribution < -0.4 is 0 Å². The number of hydrogen-bond acceptors (Lipinski definition) is 0. The third-order valence-electron chi connectivity index (χ3n) is 2.03. The predicted octanol–water partition coefficient (Wildman–Crippen LogP) is 8.57. The molecule has 1 aromatic carbocycles. The maximum Gasteiger partial charge on any atom is -0.0307 e. The number of aryl methyl sites for hydroxylation is 2. The highest BCUT2D eigenvalue weighted by Gasteiger charge is 1.84. The molecule has 0 atom stereocenters. The average Bonchev–Trinajstić information content (AvgIpc) is 2.30. The van der Waals surface area contributed by atoms with Crippen molar-refractivity contribution in [2.75, 3.05) is 0 Å². The Kier molecular flexibility index (Phi) is 48.4. The highest BCUT2D eigenvalue weighted by atomic mass is 13.9. The van der Waals surface area contributed by atoms with Gasteiger partial charge in [-0.2, -0.15) is 0 Å². The zero-order valence-electron chi connectivity index (χ0n) is 13.0. The van der Waals surface area contributed by atoms with Gasteiger partial charge in [-0.1, -0.05) is 114 Å². The smallest absolute Gasteiger partial charge is 0.0307 e. The average molecular weight is 301 g/mol. The van der Waals surface area contributed by atoms with E-state index in [2.05, 4.69) is 72.7 Å². The van der Waals surface area contributed by atoms with Crippen molar-refractivity contribution in [1.82, 2.24) is 0 Å². The Bertz CT molecular complexity index is 226. The largest absolute Gasteiger partial charge is 0.0776 e. The molecule has 0 spiro atoms. The highest BCUT2D eigenvalue weighted by molar-refractivity contribution is 5.20. The van der Waals surface area contributed by atoms with Gasteiger partial charge in [0.1, 0.15) is 0 Å². The number of hydrogen-bond donors (Lipinski definition) is 0. The summed E-state index contributed by atoms with van der Waals surface area (Å²) in [6.45, 7) is 15.1. The molecule has 0 heteroatoms. The Morgan fingerprint density at radius 1 is 0.714 bits per heavy atom. The van der Waals surface area contributed by atoms with Crippen molar-refractivity contribution in [2.45, 2.75) is 97.4 Å². The van der Waals surface area contributed by atoms with Gasteiger partial charge in [-0.15, -0.1) is 0 Å². The van der Waals surface area contributed by atoms with Gasteiger partial charge < -0.3 is 0 Å². The number of unbranched alkanes of at least 4 members (excludes halogenated alkanes) is 1. The first-order valence-electron chi connectivity index (χ1n) is 7.03. The van der Waals surface area contributed by atoms with Gasteiger partial charge in [-0.3, -0.25) is 0 Å². The molecular weight excluding hydrogens is 252 g/mol. The minimum atomic E-state index is 0. The molecule has 1 aromatic rings. The Morgan fingerprint density at radius 2 is 1.00 bits per heavy atom. The van der Waals surface area contributed by atoms with Gasteiger partial charge in [0, 0.05) is 0 Å². The monoisotopic (exact) mass is 300 g/mol. The lowest BCUT2D eigenvalue weighted by Gasteiger charge is -1.94. The summed E-state index contributed by atoms with van der Waals surface area (Å²) in [5.74, 6) is 0.833. The third-order valence-corrected chi connectivity index (χ3v) is 2.03. The molecule has 0 saturated heterocycles. The summed E-state index contributed by atoms with van der Waals surface area (Å²) in [4.78, 5) is 0. The molecule has 0 unspecified atom stereocenters. The summed E-state index contributed by atoms with van der Waals surface area (Å²) in [5.41, 5.74) is 2.76. The lowest BCUT2D eigenvalue weighted by atomic mass is 10.1. The topological polar surface area (TPSA) is 0 Å². The lowest BCUT2D eigenvalue weighted by Crippen LogP contribution is -1.77. The molecule has 0 fully saturated rings. The first kappa shape index (κ1) is 36.9. The van der Waals surface area contributed by atoms with Gasteiger partial charge in [-0.25, -0.2) is 0 Å². The van der Waals surface area contributed by atoms with Crippen LogP contribution in [0.1, 0.15) is 95.2 Å². The van der Waals surface area contributed by atoms with Gasteiger partial charge in [0.05, 0.1) is 0 Å². The second kappa shape index (κ2) is 27.5. The van der Waals surface area contributed by atoms with Crippen LogP contribution in [0.5, 0.6) is 0 Å². The summed E-state index contributed by atoms with van der Waals surface area (Å²) in [7, 11) is 0. The maximum atomic E-state index is 2.18. The molecule has 21 heavy (non-hydrogen) atoms. The first-order valence-corrected chi connectivity index (χ1v) is 7.03. The van der Waals surface area contributed by atoms with E-state index in [4.69, 9.17) is 0 Å². The van der Waals surface area contributed by atoms with E-state index in [1.807, 2.05) is 0 Å². The lowest BCUT2D eigenvalue weighted by molar-refractivity contribution is 0.737. The van der Waals surface area contributed by atoms with Crippen molar-refractivity contribution in [2.24, 2.45) is 5.92 Å². The van der Waals surface area contributed by atoms with Gasteiger partial charge in [0.15, 0.2) is 0 Å². The van der Waals surface area contributed by atoms with Crippen molar-refractivity contribution >= 4 is 0 Å². The van der Waals surface area contributed by atoms with E-state index < -0.39 is 0 Å². The Hall–Kier alpha value is -0.780. The van der Waals surface area contributed by atoms with Crippen LogP contribution in [0.2, 0.25) is 0 Å². The zero-order chi connectivity index (χ0) is 13.7. The molecule has 0 radical (unpaired) electrons. The number of benzene rings is 1. The summed E-state index contributed by atoms with van der Waals surface area (Å²) in [6.07, 6.45) is 3.78. The van der Waals surface area contributed by atoms with Gasteiger partial charge in [0.2, 0.25) is 0 Å². The van der Waals surface area contributed by atoms with Crippen LogP contribution in [-0.4, -0.2) is 0 Å².